The minimum atomic E-state index is -0.466. The Morgan fingerprint density at radius 2 is 1.86 bits per heavy atom. The molecular weight excluding hydrogens is 357 g/mol. The number of benzene rings is 2. The van der Waals surface area contributed by atoms with Crippen LogP contribution < -0.4 is 10.9 Å². The summed E-state index contributed by atoms with van der Waals surface area (Å²) < 4.78 is 14.9. The molecule has 0 saturated carbocycles. The maximum Gasteiger partial charge on any atom is 0.276 e. The van der Waals surface area contributed by atoms with Crippen LogP contribution in [0, 0.1) is 12.7 Å². The molecule has 2 aromatic carbocycles. The van der Waals surface area contributed by atoms with Crippen molar-refractivity contribution in [1.82, 2.24) is 9.78 Å². The van der Waals surface area contributed by atoms with Gasteiger partial charge >= 0.3 is 0 Å². The molecule has 0 spiro atoms. The lowest BCUT2D eigenvalue weighted by Crippen LogP contribution is -2.28. The largest absolute Gasteiger partial charge is 0.320 e. The van der Waals surface area contributed by atoms with Crippen molar-refractivity contribution in [2.24, 2.45) is 0 Å². The lowest BCUT2D eigenvalue weighted by molar-refractivity contribution is 0.102. The molecule has 0 aliphatic rings. The van der Waals surface area contributed by atoms with Crippen molar-refractivity contribution in [2.45, 2.75) is 46.1 Å². The first kappa shape index (κ1) is 19.7. The highest BCUT2D eigenvalue weighted by Gasteiger charge is 2.17. The minimum absolute atomic E-state index is 0.161. The van der Waals surface area contributed by atoms with E-state index in [2.05, 4.69) is 17.3 Å². The highest BCUT2D eigenvalue weighted by Crippen LogP contribution is 2.19. The van der Waals surface area contributed by atoms with Gasteiger partial charge in [0.05, 0.1) is 5.39 Å². The highest BCUT2D eigenvalue weighted by molar-refractivity contribution is 6.11. The van der Waals surface area contributed by atoms with E-state index in [1.54, 1.807) is 37.3 Å². The van der Waals surface area contributed by atoms with Gasteiger partial charge in [0.25, 0.3) is 11.5 Å². The molecule has 0 aliphatic heterocycles. The second-order valence-electron chi connectivity index (χ2n) is 6.90. The van der Waals surface area contributed by atoms with E-state index in [1.165, 1.54) is 16.8 Å². The van der Waals surface area contributed by atoms with Gasteiger partial charge in [-0.2, -0.15) is 5.10 Å². The third-order valence-corrected chi connectivity index (χ3v) is 4.75. The molecule has 0 radical (unpaired) electrons. The summed E-state index contributed by atoms with van der Waals surface area (Å²) in [4.78, 5) is 25.7. The topological polar surface area (TPSA) is 64.0 Å². The van der Waals surface area contributed by atoms with Crippen LogP contribution in [0.1, 0.15) is 48.7 Å². The zero-order valence-corrected chi connectivity index (χ0v) is 16.2. The second-order valence-corrected chi connectivity index (χ2v) is 6.90. The summed E-state index contributed by atoms with van der Waals surface area (Å²) in [6.07, 6.45) is 4.01. The van der Waals surface area contributed by atoms with Gasteiger partial charge in [0.15, 0.2) is 5.69 Å². The number of aryl methyl sites for hydroxylation is 2. The molecule has 6 heteroatoms. The van der Waals surface area contributed by atoms with Gasteiger partial charge in [-0.1, -0.05) is 50.5 Å². The molecule has 0 bridgehead atoms. The van der Waals surface area contributed by atoms with Crippen molar-refractivity contribution >= 4 is 22.4 Å². The summed E-state index contributed by atoms with van der Waals surface area (Å²) >= 11 is 0. The average molecular weight is 381 g/mol. The molecular formula is C22H24FN3O2. The van der Waals surface area contributed by atoms with Gasteiger partial charge in [-0.3, -0.25) is 9.59 Å². The Bertz CT molecular complexity index is 1060. The van der Waals surface area contributed by atoms with Crippen LogP contribution in [0.5, 0.6) is 0 Å². The molecule has 0 atom stereocenters. The van der Waals surface area contributed by atoms with Crippen LogP contribution in [0.2, 0.25) is 0 Å². The summed E-state index contributed by atoms with van der Waals surface area (Å²) in [5.41, 5.74) is 1.09. The maximum absolute atomic E-state index is 13.6. The SMILES string of the molecule is CCCCCCn1nc(C(=O)Nc2cc(F)ccc2C)c2ccccc2c1=O. The van der Waals surface area contributed by atoms with Crippen LogP contribution in [0.25, 0.3) is 10.8 Å². The second kappa shape index (κ2) is 8.78. The summed E-state index contributed by atoms with van der Waals surface area (Å²) in [7, 11) is 0. The molecule has 3 aromatic rings. The van der Waals surface area contributed by atoms with Crippen LogP contribution >= 0.6 is 0 Å². The Balaban J connectivity index is 1.98. The standard InChI is InChI=1S/C22H24FN3O2/c1-3-4-5-8-13-26-22(28)18-10-7-6-9-17(18)20(25-26)21(27)24-19-14-16(23)12-11-15(19)2/h6-7,9-12,14H,3-5,8,13H2,1-2H3,(H,24,27). The van der Waals surface area contributed by atoms with Gasteiger partial charge in [0.1, 0.15) is 5.82 Å². The summed E-state index contributed by atoms with van der Waals surface area (Å²) in [6.45, 7) is 4.37. The molecule has 1 heterocycles. The molecule has 0 aliphatic carbocycles. The number of halogens is 1. The normalized spacial score (nSPS) is 11.0. The minimum Gasteiger partial charge on any atom is -0.320 e. The Hall–Kier alpha value is -3.02. The van der Waals surface area contributed by atoms with Crippen LogP contribution in [0.3, 0.4) is 0 Å². The molecule has 5 nitrogen and oxygen atoms in total. The summed E-state index contributed by atoms with van der Waals surface area (Å²) in [6, 6.07) is 11.2. The lowest BCUT2D eigenvalue weighted by atomic mass is 10.1. The predicted molar refractivity (Wildman–Crippen MR) is 109 cm³/mol. The molecule has 1 N–H and O–H groups in total. The zero-order valence-electron chi connectivity index (χ0n) is 16.2. The number of hydrogen-bond donors (Lipinski definition) is 1. The number of anilines is 1. The molecule has 0 unspecified atom stereocenters. The van der Waals surface area contributed by atoms with Crippen molar-refractivity contribution in [3.8, 4) is 0 Å². The van der Waals surface area contributed by atoms with E-state index in [-0.39, 0.29) is 11.3 Å². The molecule has 28 heavy (non-hydrogen) atoms. The van der Waals surface area contributed by atoms with E-state index in [0.717, 1.165) is 31.2 Å². The Morgan fingerprint density at radius 1 is 1.11 bits per heavy atom. The van der Waals surface area contributed by atoms with Crippen LogP contribution in [-0.4, -0.2) is 15.7 Å². The number of carbonyl (C=O) groups excluding carboxylic acids is 1. The summed E-state index contributed by atoms with van der Waals surface area (Å²) in [5, 5.41) is 8.01. The van der Waals surface area contributed by atoms with Crippen molar-refractivity contribution in [3.63, 3.8) is 0 Å². The van der Waals surface area contributed by atoms with E-state index in [0.29, 0.717) is 23.0 Å². The van der Waals surface area contributed by atoms with E-state index in [9.17, 15) is 14.0 Å². The van der Waals surface area contributed by atoms with Gasteiger partial charge in [-0.05, 0) is 37.1 Å². The third-order valence-electron chi connectivity index (χ3n) is 4.75. The first-order valence-corrected chi connectivity index (χ1v) is 9.58. The molecule has 0 saturated heterocycles. The number of nitrogens with one attached hydrogen (secondary N) is 1. The average Bonchev–Trinajstić information content (AvgIpc) is 2.69. The van der Waals surface area contributed by atoms with Gasteiger partial charge in [-0.15, -0.1) is 0 Å². The highest BCUT2D eigenvalue weighted by atomic mass is 19.1. The van der Waals surface area contributed by atoms with Gasteiger partial charge in [0.2, 0.25) is 0 Å². The lowest BCUT2D eigenvalue weighted by Gasteiger charge is -2.12. The summed E-state index contributed by atoms with van der Waals surface area (Å²) in [5.74, 6) is -0.896. The predicted octanol–water partition coefficient (Wildman–Crippen LogP) is 4.68. The van der Waals surface area contributed by atoms with E-state index < -0.39 is 11.7 Å². The first-order valence-electron chi connectivity index (χ1n) is 9.58. The number of aromatic nitrogens is 2. The Morgan fingerprint density at radius 3 is 2.61 bits per heavy atom. The quantitative estimate of drug-likeness (QED) is 0.605. The van der Waals surface area contributed by atoms with Gasteiger partial charge < -0.3 is 5.32 Å². The number of fused-ring (bicyclic) bond motifs is 1. The van der Waals surface area contributed by atoms with Crippen molar-refractivity contribution < 1.29 is 9.18 Å². The van der Waals surface area contributed by atoms with Gasteiger partial charge in [-0.25, -0.2) is 9.07 Å². The molecule has 1 aromatic heterocycles. The fourth-order valence-electron chi connectivity index (χ4n) is 3.15. The first-order chi connectivity index (χ1) is 13.5. The van der Waals surface area contributed by atoms with Gasteiger partial charge in [0, 0.05) is 17.6 Å². The van der Waals surface area contributed by atoms with Crippen molar-refractivity contribution in [2.75, 3.05) is 5.32 Å². The van der Waals surface area contributed by atoms with E-state index in [1.807, 2.05) is 0 Å². The fourth-order valence-corrected chi connectivity index (χ4v) is 3.15. The zero-order chi connectivity index (χ0) is 20.1. The van der Waals surface area contributed by atoms with Crippen molar-refractivity contribution in [1.29, 1.82) is 0 Å². The number of hydrogen-bond acceptors (Lipinski definition) is 3. The van der Waals surface area contributed by atoms with Crippen LogP contribution in [0.15, 0.2) is 47.3 Å². The maximum atomic E-state index is 13.6. The number of nitrogens with zero attached hydrogens (tertiary/aromatic N) is 2. The van der Waals surface area contributed by atoms with E-state index in [4.69, 9.17) is 0 Å². The number of rotatable bonds is 7. The van der Waals surface area contributed by atoms with Crippen LogP contribution in [0.4, 0.5) is 10.1 Å². The fraction of sp³-hybridized carbons (Fsp3) is 0.318. The van der Waals surface area contributed by atoms with Crippen LogP contribution in [-0.2, 0) is 6.54 Å². The third kappa shape index (κ3) is 4.27. The molecule has 146 valence electrons. The molecule has 1 amide bonds. The van der Waals surface area contributed by atoms with E-state index >= 15 is 0 Å². The Labute approximate surface area is 163 Å². The molecule has 3 rings (SSSR count). The number of unbranched alkanes of at least 4 members (excludes halogenated alkanes) is 3. The monoisotopic (exact) mass is 381 g/mol. The number of amides is 1. The smallest absolute Gasteiger partial charge is 0.276 e. The number of carbonyl (C=O) groups is 1. The van der Waals surface area contributed by atoms with Crippen molar-refractivity contribution in [3.05, 3.63) is 69.9 Å². The molecule has 0 fully saturated rings. The Kier molecular flexibility index (Phi) is 6.19.